The molecular formula is C28H28N2O2. The summed E-state index contributed by atoms with van der Waals surface area (Å²) in [5.41, 5.74) is 4.76. The third kappa shape index (κ3) is 3.70. The number of amides is 2. The van der Waals surface area contributed by atoms with E-state index in [-0.39, 0.29) is 23.9 Å². The molecule has 1 fully saturated rings. The molecule has 2 amide bonds. The van der Waals surface area contributed by atoms with Gasteiger partial charge in [0, 0.05) is 25.2 Å². The van der Waals surface area contributed by atoms with Crippen LogP contribution in [0.25, 0.3) is 0 Å². The van der Waals surface area contributed by atoms with Crippen LogP contribution in [0.1, 0.15) is 57.4 Å². The van der Waals surface area contributed by atoms with Crippen molar-refractivity contribution < 1.29 is 9.59 Å². The number of hydrogen-bond donors (Lipinski definition) is 0. The van der Waals surface area contributed by atoms with Gasteiger partial charge in [-0.25, -0.2) is 0 Å². The first-order chi connectivity index (χ1) is 15.5. The van der Waals surface area contributed by atoms with Crippen molar-refractivity contribution in [2.75, 3.05) is 7.05 Å². The second-order valence-electron chi connectivity index (χ2n) is 9.05. The Morgan fingerprint density at radius 2 is 1.69 bits per heavy atom. The molecule has 0 N–H and O–H groups in total. The van der Waals surface area contributed by atoms with Crippen LogP contribution >= 0.6 is 0 Å². The van der Waals surface area contributed by atoms with Gasteiger partial charge in [0.15, 0.2) is 0 Å². The molecule has 3 aromatic rings. The Kier molecular flexibility index (Phi) is 5.30. The molecule has 2 aliphatic rings. The summed E-state index contributed by atoms with van der Waals surface area (Å²) in [6.07, 6.45) is 1.99. The van der Waals surface area contributed by atoms with Crippen LogP contribution in [0.3, 0.4) is 0 Å². The average Bonchev–Trinajstić information content (AvgIpc) is 3.64. The zero-order chi connectivity index (χ0) is 22.2. The van der Waals surface area contributed by atoms with Crippen LogP contribution in [-0.4, -0.2) is 34.7 Å². The van der Waals surface area contributed by atoms with E-state index in [0.29, 0.717) is 12.1 Å². The van der Waals surface area contributed by atoms with E-state index < -0.39 is 5.92 Å². The maximum atomic E-state index is 14.0. The van der Waals surface area contributed by atoms with E-state index in [4.69, 9.17) is 0 Å². The van der Waals surface area contributed by atoms with E-state index in [1.807, 2.05) is 72.6 Å². The predicted octanol–water partition coefficient (Wildman–Crippen LogP) is 5.10. The highest BCUT2D eigenvalue weighted by Gasteiger charge is 2.49. The number of likely N-dealkylation sites (N-methyl/N-ethyl adjacent to an activating group) is 1. The van der Waals surface area contributed by atoms with Gasteiger partial charge < -0.3 is 9.80 Å². The minimum atomic E-state index is -0.431. The molecule has 0 saturated heterocycles. The van der Waals surface area contributed by atoms with E-state index in [2.05, 4.69) is 25.1 Å². The first kappa shape index (κ1) is 20.5. The number of nitrogens with zero attached hydrogens (tertiary/aromatic N) is 2. The third-order valence-corrected chi connectivity index (χ3v) is 6.60. The van der Waals surface area contributed by atoms with Crippen LogP contribution < -0.4 is 0 Å². The van der Waals surface area contributed by atoms with Gasteiger partial charge in [-0.15, -0.1) is 0 Å². The quantitative estimate of drug-likeness (QED) is 0.572. The molecule has 1 aliphatic heterocycles. The highest BCUT2D eigenvalue weighted by atomic mass is 16.2. The molecule has 1 heterocycles. The zero-order valence-corrected chi connectivity index (χ0v) is 18.6. The van der Waals surface area contributed by atoms with E-state index in [1.54, 1.807) is 4.90 Å². The largest absolute Gasteiger partial charge is 0.341 e. The van der Waals surface area contributed by atoms with Crippen molar-refractivity contribution in [2.45, 2.75) is 44.3 Å². The van der Waals surface area contributed by atoms with Gasteiger partial charge in [0.2, 0.25) is 5.91 Å². The van der Waals surface area contributed by atoms with Gasteiger partial charge in [0.05, 0.1) is 12.0 Å². The Morgan fingerprint density at radius 1 is 0.969 bits per heavy atom. The smallest absolute Gasteiger partial charge is 0.254 e. The molecule has 32 heavy (non-hydrogen) atoms. The molecule has 2 unspecified atom stereocenters. The number of aryl methyl sites for hydroxylation is 1. The Bertz CT molecular complexity index is 1150. The second-order valence-corrected chi connectivity index (χ2v) is 9.05. The molecule has 1 saturated carbocycles. The Balaban J connectivity index is 1.61. The maximum absolute atomic E-state index is 14.0. The molecule has 4 nitrogen and oxygen atoms in total. The van der Waals surface area contributed by atoms with Gasteiger partial charge in [-0.05, 0) is 42.5 Å². The summed E-state index contributed by atoms with van der Waals surface area (Å²) in [5, 5.41) is 0. The van der Waals surface area contributed by atoms with Crippen LogP contribution in [0.15, 0.2) is 78.9 Å². The first-order valence-corrected chi connectivity index (χ1v) is 11.3. The highest BCUT2D eigenvalue weighted by Crippen LogP contribution is 2.48. The van der Waals surface area contributed by atoms with Gasteiger partial charge in [-0.2, -0.15) is 0 Å². The standard InChI is InChI=1S/C28H28N2O2/c1-19-9-8-12-21(17-19)26-25(28(32)29(2)18-20-10-4-3-5-11-20)23-13-6-7-14-24(23)27(31)30(26)22-15-16-22/h3-14,17,22,25-26H,15-16,18H2,1-2H3. The lowest BCUT2D eigenvalue weighted by Crippen LogP contribution is -2.48. The molecule has 0 bridgehead atoms. The summed E-state index contributed by atoms with van der Waals surface area (Å²) in [7, 11) is 1.86. The van der Waals surface area contributed by atoms with Gasteiger partial charge in [-0.1, -0.05) is 78.4 Å². The topological polar surface area (TPSA) is 40.6 Å². The fourth-order valence-corrected chi connectivity index (χ4v) is 4.95. The second kappa shape index (κ2) is 8.27. The summed E-state index contributed by atoms with van der Waals surface area (Å²) in [6.45, 7) is 2.60. The minimum Gasteiger partial charge on any atom is -0.341 e. The molecule has 5 rings (SSSR count). The van der Waals surface area contributed by atoms with Crippen molar-refractivity contribution >= 4 is 11.8 Å². The summed E-state index contributed by atoms with van der Waals surface area (Å²) >= 11 is 0. The van der Waals surface area contributed by atoms with Gasteiger partial charge in [-0.3, -0.25) is 9.59 Å². The third-order valence-electron chi connectivity index (χ3n) is 6.60. The van der Waals surface area contributed by atoms with Gasteiger partial charge in [0.1, 0.15) is 0 Å². The molecule has 3 aromatic carbocycles. The number of carbonyl (C=O) groups is 2. The average molecular weight is 425 g/mol. The van der Waals surface area contributed by atoms with Gasteiger partial charge in [0.25, 0.3) is 5.91 Å². The lowest BCUT2D eigenvalue weighted by atomic mass is 9.78. The molecular weight excluding hydrogens is 396 g/mol. The number of benzene rings is 3. The van der Waals surface area contributed by atoms with E-state index in [0.717, 1.165) is 35.1 Å². The summed E-state index contributed by atoms with van der Waals surface area (Å²) in [5.74, 6) is -0.338. The van der Waals surface area contributed by atoms with Crippen molar-refractivity contribution in [3.8, 4) is 0 Å². The molecule has 0 aromatic heterocycles. The predicted molar refractivity (Wildman–Crippen MR) is 125 cm³/mol. The Morgan fingerprint density at radius 3 is 2.41 bits per heavy atom. The van der Waals surface area contributed by atoms with E-state index >= 15 is 0 Å². The minimum absolute atomic E-state index is 0.0457. The monoisotopic (exact) mass is 424 g/mol. The fourth-order valence-electron chi connectivity index (χ4n) is 4.95. The van der Waals surface area contributed by atoms with Crippen molar-refractivity contribution in [3.63, 3.8) is 0 Å². The molecule has 0 radical (unpaired) electrons. The maximum Gasteiger partial charge on any atom is 0.254 e. The molecule has 162 valence electrons. The molecule has 0 spiro atoms. The van der Waals surface area contributed by atoms with Crippen LogP contribution in [0.4, 0.5) is 0 Å². The normalized spacial score (nSPS) is 20.1. The fraction of sp³-hybridized carbons (Fsp3) is 0.286. The van der Waals surface area contributed by atoms with Crippen molar-refractivity contribution in [3.05, 3.63) is 107 Å². The van der Waals surface area contributed by atoms with Crippen molar-refractivity contribution in [1.82, 2.24) is 9.80 Å². The summed E-state index contributed by atoms with van der Waals surface area (Å²) in [4.78, 5) is 31.4. The van der Waals surface area contributed by atoms with E-state index in [1.165, 1.54) is 0 Å². The van der Waals surface area contributed by atoms with Gasteiger partial charge >= 0.3 is 0 Å². The lowest BCUT2D eigenvalue weighted by molar-refractivity contribution is -0.134. The van der Waals surface area contributed by atoms with Crippen molar-refractivity contribution in [1.29, 1.82) is 0 Å². The molecule has 4 heteroatoms. The number of carbonyl (C=O) groups excluding carboxylic acids is 2. The number of fused-ring (bicyclic) bond motifs is 1. The molecule has 1 aliphatic carbocycles. The zero-order valence-electron chi connectivity index (χ0n) is 18.6. The first-order valence-electron chi connectivity index (χ1n) is 11.3. The van der Waals surface area contributed by atoms with Crippen LogP contribution in [0, 0.1) is 6.92 Å². The molecule has 2 atom stereocenters. The number of rotatable bonds is 5. The summed E-state index contributed by atoms with van der Waals surface area (Å²) < 4.78 is 0. The lowest BCUT2D eigenvalue weighted by Gasteiger charge is -2.43. The van der Waals surface area contributed by atoms with Crippen LogP contribution in [-0.2, 0) is 11.3 Å². The van der Waals surface area contributed by atoms with Crippen LogP contribution in [0.5, 0.6) is 0 Å². The number of hydrogen-bond acceptors (Lipinski definition) is 2. The van der Waals surface area contributed by atoms with Crippen molar-refractivity contribution in [2.24, 2.45) is 0 Å². The Hall–Kier alpha value is -3.40. The summed E-state index contributed by atoms with van der Waals surface area (Å²) in [6, 6.07) is 25.9. The Labute approximate surface area is 189 Å². The van der Waals surface area contributed by atoms with Crippen LogP contribution in [0.2, 0.25) is 0 Å². The SMILES string of the molecule is Cc1cccc(C2C(C(=O)N(C)Cc3ccccc3)c3ccccc3C(=O)N2C2CC2)c1. The highest BCUT2D eigenvalue weighted by molar-refractivity contribution is 6.01. The van der Waals surface area contributed by atoms with E-state index in [9.17, 15) is 9.59 Å².